The van der Waals surface area contributed by atoms with Gasteiger partial charge in [-0.3, -0.25) is 0 Å². The van der Waals surface area contributed by atoms with Crippen LogP contribution in [0, 0.1) is 0 Å². The van der Waals surface area contributed by atoms with Crippen molar-refractivity contribution in [2.45, 2.75) is 39.5 Å². The third-order valence-corrected chi connectivity index (χ3v) is 3.28. The van der Waals surface area contributed by atoms with Crippen LogP contribution in [0.5, 0.6) is 5.75 Å². The minimum Gasteiger partial charge on any atom is -0.494 e. The minimum atomic E-state index is -0.941. The quantitative estimate of drug-likeness (QED) is 0.365. The third kappa shape index (κ3) is 9.35. The maximum Gasteiger partial charge on any atom is 0.328 e. The Hall–Kier alpha value is -2.29. The molecule has 23 heavy (non-hydrogen) atoms. The lowest BCUT2D eigenvalue weighted by Gasteiger charge is -2.06. The average molecular weight is 314 g/mol. The van der Waals surface area contributed by atoms with Crippen molar-refractivity contribution >= 4 is 12.0 Å². The second-order valence-electron chi connectivity index (χ2n) is 5.42. The number of hydrogen-bond acceptors (Lipinski definition) is 2. The summed E-state index contributed by atoms with van der Waals surface area (Å²) in [5.41, 5.74) is 2.07. The van der Waals surface area contributed by atoms with Gasteiger partial charge in [0.25, 0.3) is 0 Å². The number of hydrogen-bond donors (Lipinski definition) is 1. The monoisotopic (exact) mass is 314 g/mol. The van der Waals surface area contributed by atoms with Gasteiger partial charge in [0, 0.05) is 6.08 Å². The molecular formula is C20H26O3. The number of carbonyl (C=O) groups is 1. The standard InChI is InChI=1S/C20H26O3/c1-3-4-5-6-16-23-19-14-12-18(13-15-19)11-10-17(2)8-7-9-20(21)22/h7-15H,3-6,16H2,1-2H3,(H,21,22)/b9-7+,11-10+,17-8+. The van der Waals surface area contributed by atoms with Gasteiger partial charge in [0.05, 0.1) is 6.61 Å². The molecule has 0 bridgehead atoms. The van der Waals surface area contributed by atoms with Gasteiger partial charge >= 0.3 is 5.97 Å². The zero-order valence-electron chi connectivity index (χ0n) is 14.0. The molecule has 1 rings (SSSR count). The first-order valence-corrected chi connectivity index (χ1v) is 8.10. The van der Waals surface area contributed by atoms with Gasteiger partial charge < -0.3 is 9.84 Å². The molecule has 124 valence electrons. The van der Waals surface area contributed by atoms with Gasteiger partial charge in [0.15, 0.2) is 0 Å². The van der Waals surface area contributed by atoms with E-state index < -0.39 is 5.97 Å². The highest BCUT2D eigenvalue weighted by atomic mass is 16.5. The van der Waals surface area contributed by atoms with E-state index >= 15 is 0 Å². The Bertz CT molecular complexity index is 551. The number of carboxylic acid groups (broad SMARTS) is 1. The Morgan fingerprint density at radius 1 is 1.13 bits per heavy atom. The third-order valence-electron chi connectivity index (χ3n) is 3.28. The van der Waals surface area contributed by atoms with Gasteiger partial charge in [-0.1, -0.05) is 68.2 Å². The van der Waals surface area contributed by atoms with Gasteiger partial charge in [0.2, 0.25) is 0 Å². The zero-order valence-corrected chi connectivity index (χ0v) is 14.0. The Balaban J connectivity index is 2.44. The lowest BCUT2D eigenvalue weighted by Crippen LogP contribution is -1.96. The Morgan fingerprint density at radius 3 is 2.52 bits per heavy atom. The summed E-state index contributed by atoms with van der Waals surface area (Å²) in [7, 11) is 0. The fraction of sp³-hybridized carbons (Fsp3) is 0.350. The molecule has 0 heterocycles. The zero-order chi connectivity index (χ0) is 16.9. The molecule has 0 saturated carbocycles. The first kappa shape index (κ1) is 18.8. The van der Waals surface area contributed by atoms with Crippen molar-refractivity contribution in [3.8, 4) is 5.75 Å². The lowest BCUT2D eigenvalue weighted by molar-refractivity contribution is -0.131. The number of rotatable bonds is 10. The molecule has 1 aromatic rings. The summed E-state index contributed by atoms with van der Waals surface area (Å²) in [5.74, 6) is -0.0429. The first-order valence-electron chi connectivity index (χ1n) is 8.10. The van der Waals surface area contributed by atoms with Crippen molar-refractivity contribution in [2.75, 3.05) is 6.61 Å². The molecule has 0 radical (unpaired) electrons. The summed E-state index contributed by atoms with van der Waals surface area (Å²) in [5, 5.41) is 8.52. The number of aliphatic carboxylic acids is 1. The summed E-state index contributed by atoms with van der Waals surface area (Å²) >= 11 is 0. The first-order chi connectivity index (χ1) is 11.1. The maximum absolute atomic E-state index is 10.4. The number of unbranched alkanes of at least 4 members (excludes halogenated alkanes) is 3. The number of allylic oxidation sites excluding steroid dienone is 4. The molecule has 1 N–H and O–H groups in total. The maximum atomic E-state index is 10.4. The van der Waals surface area contributed by atoms with Crippen molar-refractivity contribution in [2.24, 2.45) is 0 Å². The topological polar surface area (TPSA) is 46.5 Å². The van der Waals surface area contributed by atoms with Gasteiger partial charge in [0.1, 0.15) is 5.75 Å². The van der Waals surface area contributed by atoms with Crippen LogP contribution in [-0.4, -0.2) is 17.7 Å². The molecule has 1 aromatic carbocycles. The van der Waals surface area contributed by atoms with Crippen LogP contribution in [0.3, 0.4) is 0 Å². The molecular weight excluding hydrogens is 288 g/mol. The summed E-state index contributed by atoms with van der Waals surface area (Å²) in [4.78, 5) is 10.4. The molecule has 3 heteroatoms. The number of ether oxygens (including phenoxy) is 1. The van der Waals surface area contributed by atoms with E-state index in [0.717, 1.165) is 36.0 Å². The van der Waals surface area contributed by atoms with Crippen LogP contribution in [0.2, 0.25) is 0 Å². The molecule has 0 fully saturated rings. The summed E-state index contributed by atoms with van der Waals surface area (Å²) in [6, 6.07) is 7.97. The predicted molar refractivity (Wildman–Crippen MR) is 95.6 cm³/mol. The van der Waals surface area contributed by atoms with Crippen molar-refractivity contribution < 1.29 is 14.6 Å². The molecule has 0 atom stereocenters. The van der Waals surface area contributed by atoms with Gasteiger partial charge in [-0.25, -0.2) is 4.79 Å². The minimum absolute atomic E-state index is 0.771. The molecule has 3 nitrogen and oxygen atoms in total. The van der Waals surface area contributed by atoms with E-state index in [2.05, 4.69) is 6.92 Å². The van der Waals surface area contributed by atoms with Crippen molar-refractivity contribution in [3.63, 3.8) is 0 Å². The van der Waals surface area contributed by atoms with Crippen LogP contribution in [0.4, 0.5) is 0 Å². The Kier molecular flexibility index (Phi) is 9.22. The Labute approximate surface area is 139 Å². The van der Waals surface area contributed by atoms with E-state index in [1.54, 1.807) is 6.08 Å². The summed E-state index contributed by atoms with van der Waals surface area (Å²) in [6.07, 6.45) is 13.2. The lowest BCUT2D eigenvalue weighted by atomic mass is 10.1. The molecule has 0 aromatic heterocycles. The molecule has 0 aliphatic carbocycles. The van der Waals surface area contributed by atoms with Crippen molar-refractivity contribution in [3.05, 3.63) is 59.7 Å². The fourth-order valence-corrected chi connectivity index (χ4v) is 1.96. The molecule has 0 unspecified atom stereocenters. The highest BCUT2D eigenvalue weighted by molar-refractivity contribution is 5.80. The van der Waals surface area contributed by atoms with Crippen LogP contribution in [0.1, 0.15) is 45.1 Å². The smallest absolute Gasteiger partial charge is 0.328 e. The van der Waals surface area contributed by atoms with Gasteiger partial charge in [-0.05, 0) is 31.0 Å². The van der Waals surface area contributed by atoms with E-state index in [0.29, 0.717) is 0 Å². The van der Waals surface area contributed by atoms with Crippen LogP contribution >= 0.6 is 0 Å². The van der Waals surface area contributed by atoms with Crippen LogP contribution < -0.4 is 4.74 Å². The van der Waals surface area contributed by atoms with Crippen LogP contribution in [0.25, 0.3) is 6.08 Å². The summed E-state index contributed by atoms with van der Waals surface area (Å²) in [6.45, 7) is 4.90. The molecule has 0 aliphatic heterocycles. The van der Waals surface area contributed by atoms with Crippen LogP contribution in [-0.2, 0) is 4.79 Å². The average Bonchev–Trinajstić information content (AvgIpc) is 2.53. The molecule has 0 saturated heterocycles. The predicted octanol–water partition coefficient (Wildman–Crippen LogP) is 5.25. The second-order valence-corrected chi connectivity index (χ2v) is 5.42. The van der Waals surface area contributed by atoms with E-state index in [1.807, 2.05) is 43.3 Å². The van der Waals surface area contributed by atoms with Gasteiger partial charge in [-0.15, -0.1) is 0 Å². The number of carboxylic acids is 1. The Morgan fingerprint density at radius 2 is 1.87 bits per heavy atom. The SMILES string of the molecule is CCCCCCOc1ccc(/C=C/C(C)=C/C=C/C(=O)O)cc1. The molecule has 0 aliphatic rings. The van der Waals surface area contributed by atoms with E-state index in [-0.39, 0.29) is 0 Å². The molecule has 0 spiro atoms. The molecule has 0 amide bonds. The summed E-state index contributed by atoms with van der Waals surface area (Å²) < 4.78 is 5.71. The number of benzene rings is 1. The highest BCUT2D eigenvalue weighted by Crippen LogP contribution is 2.14. The van der Waals surface area contributed by atoms with Crippen molar-refractivity contribution in [1.29, 1.82) is 0 Å². The fourth-order valence-electron chi connectivity index (χ4n) is 1.96. The highest BCUT2D eigenvalue weighted by Gasteiger charge is 1.94. The van der Waals surface area contributed by atoms with Crippen molar-refractivity contribution in [1.82, 2.24) is 0 Å². The normalized spacial score (nSPS) is 12.2. The van der Waals surface area contributed by atoms with E-state index in [4.69, 9.17) is 9.84 Å². The second kappa shape index (κ2) is 11.3. The van der Waals surface area contributed by atoms with Crippen LogP contribution in [0.15, 0.2) is 54.1 Å². The van der Waals surface area contributed by atoms with E-state index in [9.17, 15) is 4.79 Å². The largest absolute Gasteiger partial charge is 0.494 e. The van der Waals surface area contributed by atoms with Gasteiger partial charge in [-0.2, -0.15) is 0 Å². The van der Waals surface area contributed by atoms with E-state index in [1.165, 1.54) is 25.3 Å².